The fourth-order valence-electron chi connectivity index (χ4n) is 3.27. The van der Waals surface area contributed by atoms with Gasteiger partial charge in [0.15, 0.2) is 6.61 Å². The summed E-state index contributed by atoms with van der Waals surface area (Å²) >= 11 is 5.83. The summed E-state index contributed by atoms with van der Waals surface area (Å²) in [6, 6.07) is 15.1. The van der Waals surface area contributed by atoms with Crippen LogP contribution in [0.3, 0.4) is 0 Å². The van der Waals surface area contributed by atoms with E-state index in [0.717, 1.165) is 6.42 Å². The molecule has 3 rings (SSSR count). The van der Waals surface area contributed by atoms with Gasteiger partial charge in [-0.1, -0.05) is 29.8 Å². The molecule has 158 valence electrons. The molecular weight excluding hydrogens is 406 g/mol. The summed E-state index contributed by atoms with van der Waals surface area (Å²) in [6.07, 6.45) is 1.37. The van der Waals surface area contributed by atoms with Crippen LogP contribution in [-0.4, -0.2) is 54.9 Å². The molecule has 1 atom stereocenters. The minimum absolute atomic E-state index is 0.140. The van der Waals surface area contributed by atoms with Crippen molar-refractivity contribution in [3.63, 3.8) is 0 Å². The van der Waals surface area contributed by atoms with Crippen LogP contribution in [0.1, 0.15) is 23.2 Å². The zero-order valence-corrected chi connectivity index (χ0v) is 17.2. The lowest BCUT2D eigenvalue weighted by atomic mass is 10.2. The number of rotatable bonds is 8. The van der Waals surface area contributed by atoms with Crippen LogP contribution < -0.4 is 15.4 Å². The first-order valence-corrected chi connectivity index (χ1v) is 10.2. The second kappa shape index (κ2) is 10.6. The molecule has 1 aliphatic rings. The first kappa shape index (κ1) is 21.6. The van der Waals surface area contributed by atoms with Crippen molar-refractivity contribution in [3.8, 4) is 5.75 Å². The topological polar surface area (TPSA) is 87.7 Å². The van der Waals surface area contributed by atoms with Gasteiger partial charge in [0.05, 0.1) is 0 Å². The number of nitrogens with zero attached hydrogens (tertiary/aromatic N) is 1. The quantitative estimate of drug-likeness (QED) is 0.630. The lowest BCUT2D eigenvalue weighted by Gasteiger charge is -2.24. The van der Waals surface area contributed by atoms with Crippen molar-refractivity contribution in [3.05, 3.63) is 65.2 Å². The van der Waals surface area contributed by atoms with Gasteiger partial charge in [-0.2, -0.15) is 0 Å². The maximum Gasteiger partial charge on any atom is 0.261 e. The third-order valence-corrected chi connectivity index (χ3v) is 5.05. The number of ether oxygens (including phenoxy) is 1. The van der Waals surface area contributed by atoms with E-state index in [9.17, 15) is 14.4 Å². The lowest BCUT2D eigenvalue weighted by molar-refractivity contribution is -0.139. The molecule has 2 aromatic rings. The molecule has 0 spiro atoms. The van der Waals surface area contributed by atoms with Crippen molar-refractivity contribution in [1.29, 1.82) is 0 Å². The predicted molar refractivity (Wildman–Crippen MR) is 113 cm³/mol. The number of hydrogen-bond acceptors (Lipinski definition) is 4. The van der Waals surface area contributed by atoms with E-state index in [1.807, 2.05) is 6.07 Å². The van der Waals surface area contributed by atoms with E-state index in [1.54, 1.807) is 53.4 Å². The molecule has 2 N–H and O–H groups in total. The smallest absolute Gasteiger partial charge is 0.261 e. The highest BCUT2D eigenvalue weighted by molar-refractivity contribution is 6.30. The van der Waals surface area contributed by atoms with Crippen molar-refractivity contribution in [2.75, 3.05) is 26.2 Å². The van der Waals surface area contributed by atoms with Gasteiger partial charge in [0.2, 0.25) is 5.91 Å². The zero-order valence-electron chi connectivity index (χ0n) is 16.5. The Morgan fingerprint density at radius 2 is 1.70 bits per heavy atom. The van der Waals surface area contributed by atoms with Gasteiger partial charge in [-0.3, -0.25) is 14.4 Å². The molecule has 0 unspecified atom stereocenters. The summed E-state index contributed by atoms with van der Waals surface area (Å²) < 4.78 is 5.50. The minimum atomic E-state index is -0.517. The predicted octanol–water partition coefficient (Wildman–Crippen LogP) is 2.26. The van der Waals surface area contributed by atoms with Crippen molar-refractivity contribution in [1.82, 2.24) is 15.5 Å². The molecule has 0 saturated carbocycles. The third-order valence-electron chi connectivity index (χ3n) is 4.80. The van der Waals surface area contributed by atoms with Crippen molar-refractivity contribution >= 4 is 29.3 Å². The summed E-state index contributed by atoms with van der Waals surface area (Å²) in [5.41, 5.74) is 0.567. The molecule has 0 radical (unpaired) electrons. The number of benzene rings is 2. The van der Waals surface area contributed by atoms with E-state index >= 15 is 0 Å². The van der Waals surface area contributed by atoms with Gasteiger partial charge in [0.1, 0.15) is 11.8 Å². The van der Waals surface area contributed by atoms with Crippen molar-refractivity contribution in [2.45, 2.75) is 18.9 Å². The van der Waals surface area contributed by atoms with Crippen LogP contribution in [0.5, 0.6) is 5.75 Å². The number of hydrogen-bond donors (Lipinski definition) is 2. The first-order chi connectivity index (χ1) is 14.5. The van der Waals surface area contributed by atoms with E-state index < -0.39 is 6.04 Å². The zero-order chi connectivity index (χ0) is 21.3. The molecule has 1 fully saturated rings. The van der Waals surface area contributed by atoms with Crippen LogP contribution in [0.25, 0.3) is 0 Å². The Labute approximate surface area is 180 Å². The van der Waals surface area contributed by atoms with Crippen LogP contribution >= 0.6 is 11.6 Å². The van der Waals surface area contributed by atoms with Gasteiger partial charge < -0.3 is 20.3 Å². The van der Waals surface area contributed by atoms with E-state index in [-0.39, 0.29) is 30.9 Å². The van der Waals surface area contributed by atoms with E-state index in [4.69, 9.17) is 16.3 Å². The maximum atomic E-state index is 12.5. The fraction of sp³-hybridized carbons (Fsp3) is 0.318. The number of halogens is 1. The second-order valence-corrected chi connectivity index (χ2v) is 7.34. The average Bonchev–Trinajstić information content (AvgIpc) is 3.26. The van der Waals surface area contributed by atoms with Crippen molar-refractivity contribution in [2.24, 2.45) is 0 Å². The van der Waals surface area contributed by atoms with Gasteiger partial charge in [0, 0.05) is 30.2 Å². The highest BCUT2D eigenvalue weighted by Gasteiger charge is 2.33. The standard InChI is InChI=1S/C22H24ClN3O4/c23-17-8-10-18(11-9-17)30-15-20(27)26-14-4-7-19(26)22(29)25-13-12-24-21(28)16-5-2-1-3-6-16/h1-3,5-6,8-11,19H,4,7,12-15H2,(H,24,28)(H,25,29)/t19-/m1/s1. The molecule has 30 heavy (non-hydrogen) atoms. The number of carbonyl (C=O) groups is 3. The molecule has 0 aromatic heterocycles. The lowest BCUT2D eigenvalue weighted by Crippen LogP contribution is -2.48. The van der Waals surface area contributed by atoms with Crippen molar-refractivity contribution < 1.29 is 19.1 Å². The molecule has 2 aromatic carbocycles. The monoisotopic (exact) mass is 429 g/mol. The Morgan fingerprint density at radius 3 is 2.43 bits per heavy atom. The number of amides is 3. The molecule has 1 saturated heterocycles. The minimum Gasteiger partial charge on any atom is -0.484 e. The van der Waals surface area contributed by atoms with Gasteiger partial charge in [-0.25, -0.2) is 0 Å². The summed E-state index contributed by atoms with van der Waals surface area (Å²) in [7, 11) is 0. The van der Waals surface area contributed by atoms with Gasteiger partial charge in [-0.05, 0) is 49.2 Å². The van der Waals surface area contributed by atoms with Crippen LogP contribution in [-0.2, 0) is 9.59 Å². The van der Waals surface area contributed by atoms with Gasteiger partial charge in [-0.15, -0.1) is 0 Å². The molecule has 8 heteroatoms. The molecule has 0 aliphatic carbocycles. The summed E-state index contributed by atoms with van der Waals surface area (Å²) in [5, 5.41) is 6.14. The third kappa shape index (κ3) is 5.97. The SMILES string of the molecule is O=C(NCCNC(=O)[C@H]1CCCN1C(=O)COc1ccc(Cl)cc1)c1ccccc1. The van der Waals surface area contributed by atoms with Crippen LogP contribution in [0, 0.1) is 0 Å². The Balaban J connectivity index is 1.41. The number of likely N-dealkylation sites (tertiary alicyclic amines) is 1. The van der Waals surface area contributed by atoms with Gasteiger partial charge >= 0.3 is 0 Å². The molecule has 3 amide bonds. The van der Waals surface area contributed by atoms with E-state index in [1.165, 1.54) is 0 Å². The molecule has 1 aliphatic heterocycles. The molecule has 0 bridgehead atoms. The summed E-state index contributed by atoms with van der Waals surface area (Å²) in [5.74, 6) is -0.106. The Morgan fingerprint density at radius 1 is 1.00 bits per heavy atom. The maximum absolute atomic E-state index is 12.5. The molecule has 7 nitrogen and oxygen atoms in total. The molecular formula is C22H24ClN3O4. The van der Waals surface area contributed by atoms with E-state index in [0.29, 0.717) is 35.8 Å². The Hall–Kier alpha value is -3.06. The highest BCUT2D eigenvalue weighted by atomic mass is 35.5. The van der Waals surface area contributed by atoms with Crippen LogP contribution in [0.4, 0.5) is 0 Å². The second-order valence-electron chi connectivity index (χ2n) is 6.90. The first-order valence-electron chi connectivity index (χ1n) is 9.83. The number of nitrogens with one attached hydrogen (secondary N) is 2. The number of carbonyl (C=O) groups excluding carboxylic acids is 3. The van der Waals surface area contributed by atoms with Crippen LogP contribution in [0.15, 0.2) is 54.6 Å². The van der Waals surface area contributed by atoms with Gasteiger partial charge in [0.25, 0.3) is 11.8 Å². The summed E-state index contributed by atoms with van der Waals surface area (Å²) in [6.45, 7) is 0.973. The highest BCUT2D eigenvalue weighted by Crippen LogP contribution is 2.19. The largest absolute Gasteiger partial charge is 0.484 e. The summed E-state index contributed by atoms with van der Waals surface area (Å²) in [4.78, 5) is 38.6. The Kier molecular flexibility index (Phi) is 7.68. The Bertz CT molecular complexity index is 874. The van der Waals surface area contributed by atoms with E-state index in [2.05, 4.69) is 10.6 Å². The molecule has 1 heterocycles. The normalized spacial score (nSPS) is 15.5. The average molecular weight is 430 g/mol. The van der Waals surface area contributed by atoms with Crippen LogP contribution in [0.2, 0.25) is 5.02 Å². The fourth-order valence-corrected chi connectivity index (χ4v) is 3.39.